The molecule has 0 spiro atoms. The number of rotatable bonds is 5. The van der Waals surface area contributed by atoms with Crippen LogP contribution in [-0.4, -0.2) is 31.7 Å². The molecule has 0 saturated carbocycles. The van der Waals surface area contributed by atoms with Gasteiger partial charge in [-0.2, -0.15) is 0 Å². The second-order valence-electron chi connectivity index (χ2n) is 5.25. The van der Waals surface area contributed by atoms with Crippen molar-refractivity contribution in [2.45, 2.75) is 25.3 Å². The second kappa shape index (κ2) is 7.87. The number of hydrogen-bond acceptors (Lipinski definition) is 3. The Labute approximate surface area is 132 Å². The summed E-state index contributed by atoms with van der Waals surface area (Å²) in [4.78, 5) is 12.0. The van der Waals surface area contributed by atoms with Crippen molar-refractivity contribution in [2.75, 3.05) is 19.8 Å². The number of nitrogens with one attached hydrogen (secondary N) is 1. The van der Waals surface area contributed by atoms with E-state index in [1.54, 1.807) is 12.1 Å². The molecule has 21 heavy (non-hydrogen) atoms. The van der Waals surface area contributed by atoms with E-state index in [1.807, 2.05) is 0 Å². The van der Waals surface area contributed by atoms with Crippen LogP contribution in [0.4, 0.5) is 4.39 Å². The molecule has 6 heteroatoms. The maximum absolute atomic E-state index is 13.6. The highest BCUT2D eigenvalue weighted by atomic mass is 79.9. The molecular weight excluding hydrogens is 339 g/mol. The minimum absolute atomic E-state index is 0.168. The van der Waals surface area contributed by atoms with Crippen LogP contribution < -0.4 is 11.1 Å². The van der Waals surface area contributed by atoms with Crippen LogP contribution in [0.1, 0.15) is 18.4 Å². The van der Waals surface area contributed by atoms with Gasteiger partial charge in [0.15, 0.2) is 0 Å². The molecule has 0 bridgehead atoms. The van der Waals surface area contributed by atoms with Gasteiger partial charge in [0.2, 0.25) is 5.91 Å². The quantitative estimate of drug-likeness (QED) is 0.845. The molecule has 1 amide bonds. The average molecular weight is 359 g/mol. The van der Waals surface area contributed by atoms with Crippen LogP contribution in [0.2, 0.25) is 0 Å². The van der Waals surface area contributed by atoms with Gasteiger partial charge in [-0.25, -0.2) is 4.39 Å². The van der Waals surface area contributed by atoms with E-state index < -0.39 is 6.04 Å². The molecule has 1 fully saturated rings. The molecule has 1 aromatic rings. The van der Waals surface area contributed by atoms with Crippen molar-refractivity contribution in [3.8, 4) is 0 Å². The molecule has 1 aliphatic heterocycles. The summed E-state index contributed by atoms with van der Waals surface area (Å²) < 4.78 is 19.7. The molecule has 1 atom stereocenters. The molecule has 0 radical (unpaired) electrons. The van der Waals surface area contributed by atoms with Gasteiger partial charge in [-0.15, -0.1) is 0 Å². The Bertz CT molecular complexity index is 493. The van der Waals surface area contributed by atoms with Crippen LogP contribution in [0, 0.1) is 11.7 Å². The average Bonchev–Trinajstić information content (AvgIpc) is 2.50. The van der Waals surface area contributed by atoms with E-state index in [0.29, 0.717) is 31.7 Å². The van der Waals surface area contributed by atoms with Crippen LogP contribution in [-0.2, 0) is 16.0 Å². The van der Waals surface area contributed by atoms with Crippen molar-refractivity contribution < 1.29 is 13.9 Å². The molecule has 0 aromatic heterocycles. The lowest BCUT2D eigenvalue weighted by atomic mass is 9.92. The fourth-order valence-electron chi connectivity index (χ4n) is 2.46. The number of carbonyl (C=O) groups excluding carboxylic acids is 1. The molecule has 0 aliphatic carbocycles. The number of hydrogen-bond donors (Lipinski definition) is 2. The van der Waals surface area contributed by atoms with E-state index in [1.165, 1.54) is 6.07 Å². The number of ether oxygens (including phenoxy) is 1. The first kappa shape index (κ1) is 16.4. The maximum atomic E-state index is 13.6. The summed E-state index contributed by atoms with van der Waals surface area (Å²) in [5, 5.41) is 2.79. The van der Waals surface area contributed by atoms with Crippen LogP contribution in [0.5, 0.6) is 0 Å². The van der Waals surface area contributed by atoms with Gasteiger partial charge in [-0.1, -0.05) is 15.9 Å². The Morgan fingerprint density at radius 2 is 2.19 bits per heavy atom. The lowest BCUT2D eigenvalue weighted by Gasteiger charge is -2.26. The highest BCUT2D eigenvalue weighted by Gasteiger charge is 2.26. The van der Waals surface area contributed by atoms with Crippen LogP contribution in [0.3, 0.4) is 0 Å². The highest BCUT2D eigenvalue weighted by molar-refractivity contribution is 9.10. The van der Waals surface area contributed by atoms with Gasteiger partial charge in [-0.3, -0.25) is 4.79 Å². The molecule has 4 nitrogen and oxygen atoms in total. The zero-order chi connectivity index (χ0) is 15.2. The smallest absolute Gasteiger partial charge is 0.237 e. The van der Waals surface area contributed by atoms with Gasteiger partial charge in [0.05, 0.1) is 6.04 Å². The minimum atomic E-state index is -0.513. The summed E-state index contributed by atoms with van der Waals surface area (Å²) in [7, 11) is 0. The standard InChI is InChI=1S/C15H20BrFN2O2/c16-12-1-2-13(17)11(9-12)3-6-19-15(20)14(18)10-4-7-21-8-5-10/h1-2,9-10,14H,3-8,18H2,(H,19,20). The van der Waals surface area contributed by atoms with Crippen molar-refractivity contribution in [1.82, 2.24) is 5.32 Å². The topological polar surface area (TPSA) is 64.4 Å². The van der Waals surface area contributed by atoms with Crippen molar-refractivity contribution in [2.24, 2.45) is 11.7 Å². The zero-order valence-electron chi connectivity index (χ0n) is 11.8. The van der Waals surface area contributed by atoms with Crippen molar-refractivity contribution in [1.29, 1.82) is 0 Å². The molecule has 116 valence electrons. The van der Waals surface area contributed by atoms with Gasteiger partial charge in [0, 0.05) is 24.2 Å². The van der Waals surface area contributed by atoms with Gasteiger partial charge in [-0.05, 0) is 48.9 Å². The van der Waals surface area contributed by atoms with E-state index in [2.05, 4.69) is 21.2 Å². The molecule has 1 heterocycles. The predicted octanol–water partition coefficient (Wildman–Crippen LogP) is 2.00. The van der Waals surface area contributed by atoms with Crippen molar-refractivity contribution in [3.05, 3.63) is 34.1 Å². The molecule has 1 aliphatic rings. The zero-order valence-corrected chi connectivity index (χ0v) is 13.4. The maximum Gasteiger partial charge on any atom is 0.237 e. The Hall–Kier alpha value is -0.980. The third kappa shape index (κ3) is 4.76. The predicted molar refractivity (Wildman–Crippen MR) is 82.3 cm³/mol. The summed E-state index contributed by atoms with van der Waals surface area (Å²) in [5.74, 6) is -0.264. The van der Waals surface area contributed by atoms with E-state index in [9.17, 15) is 9.18 Å². The minimum Gasteiger partial charge on any atom is -0.381 e. The van der Waals surface area contributed by atoms with E-state index in [4.69, 9.17) is 10.5 Å². The first-order chi connectivity index (χ1) is 10.1. The summed E-state index contributed by atoms with van der Waals surface area (Å²) in [6.45, 7) is 1.70. The highest BCUT2D eigenvalue weighted by Crippen LogP contribution is 2.18. The molecule has 2 rings (SSSR count). The number of carbonyl (C=O) groups is 1. The summed E-state index contributed by atoms with van der Waals surface area (Å²) in [6, 6.07) is 4.27. The monoisotopic (exact) mass is 358 g/mol. The van der Waals surface area contributed by atoms with Gasteiger partial charge < -0.3 is 15.8 Å². The number of benzene rings is 1. The van der Waals surface area contributed by atoms with Crippen molar-refractivity contribution in [3.63, 3.8) is 0 Å². The third-order valence-corrected chi connectivity index (χ3v) is 4.27. The number of halogens is 2. The van der Waals surface area contributed by atoms with Crippen LogP contribution >= 0.6 is 15.9 Å². The van der Waals surface area contributed by atoms with Crippen molar-refractivity contribution >= 4 is 21.8 Å². The van der Waals surface area contributed by atoms with Gasteiger partial charge in [0.1, 0.15) is 5.82 Å². The summed E-state index contributed by atoms with van der Waals surface area (Å²) >= 11 is 3.31. The SMILES string of the molecule is NC(C(=O)NCCc1cc(Br)ccc1F)C1CCOCC1. The Balaban J connectivity index is 1.79. The molecule has 1 unspecified atom stereocenters. The summed E-state index contributed by atoms with van der Waals surface area (Å²) in [5.41, 5.74) is 6.55. The largest absolute Gasteiger partial charge is 0.381 e. The van der Waals surface area contributed by atoms with E-state index >= 15 is 0 Å². The van der Waals surface area contributed by atoms with Gasteiger partial charge >= 0.3 is 0 Å². The Kier molecular flexibility index (Phi) is 6.14. The summed E-state index contributed by atoms with van der Waals surface area (Å²) in [6.07, 6.45) is 2.07. The first-order valence-corrected chi connectivity index (χ1v) is 7.92. The van der Waals surface area contributed by atoms with Gasteiger partial charge in [0.25, 0.3) is 0 Å². The fourth-order valence-corrected chi connectivity index (χ4v) is 2.87. The second-order valence-corrected chi connectivity index (χ2v) is 6.17. The number of nitrogens with two attached hydrogens (primary N) is 1. The molecule has 3 N–H and O–H groups in total. The normalized spacial score (nSPS) is 17.5. The Morgan fingerprint density at radius 1 is 1.48 bits per heavy atom. The lowest BCUT2D eigenvalue weighted by molar-refractivity contribution is -0.124. The third-order valence-electron chi connectivity index (χ3n) is 3.78. The van der Waals surface area contributed by atoms with E-state index in [-0.39, 0.29) is 17.6 Å². The lowest BCUT2D eigenvalue weighted by Crippen LogP contribution is -2.47. The number of amides is 1. The van der Waals surface area contributed by atoms with Crippen LogP contribution in [0.25, 0.3) is 0 Å². The molecule has 1 saturated heterocycles. The van der Waals surface area contributed by atoms with Crippen LogP contribution in [0.15, 0.2) is 22.7 Å². The first-order valence-electron chi connectivity index (χ1n) is 7.13. The molecular formula is C15H20BrFN2O2. The fraction of sp³-hybridized carbons (Fsp3) is 0.533. The Morgan fingerprint density at radius 3 is 2.90 bits per heavy atom. The van der Waals surface area contributed by atoms with E-state index in [0.717, 1.165) is 17.3 Å². The molecule has 1 aromatic carbocycles.